The Morgan fingerprint density at radius 1 is 1.33 bits per heavy atom. The van der Waals surface area contributed by atoms with E-state index in [4.69, 9.17) is 0 Å². The molecule has 3 aliphatic rings. The van der Waals surface area contributed by atoms with E-state index in [1.165, 1.54) is 44.3 Å². The number of hydrogen-bond donors (Lipinski definition) is 1. The third kappa shape index (κ3) is 2.50. The lowest BCUT2D eigenvalue weighted by Gasteiger charge is -2.47. The second-order valence-corrected chi connectivity index (χ2v) is 6.24. The van der Waals surface area contributed by atoms with E-state index < -0.39 is 0 Å². The zero-order chi connectivity index (χ0) is 12.5. The van der Waals surface area contributed by atoms with Crippen molar-refractivity contribution in [2.45, 2.75) is 25.8 Å². The summed E-state index contributed by atoms with van der Waals surface area (Å²) < 4.78 is 4.37. The van der Waals surface area contributed by atoms with E-state index in [-0.39, 0.29) is 0 Å². The van der Waals surface area contributed by atoms with Crippen LogP contribution in [0, 0.1) is 0 Å². The Hall–Kier alpha value is -0.720. The molecule has 100 valence electrons. The zero-order valence-electron chi connectivity index (χ0n) is 11.1. The van der Waals surface area contributed by atoms with Crippen LogP contribution in [0.5, 0.6) is 0 Å². The second kappa shape index (κ2) is 5.11. The van der Waals surface area contributed by atoms with Gasteiger partial charge in [-0.25, -0.2) is 4.98 Å². The van der Waals surface area contributed by atoms with E-state index in [2.05, 4.69) is 38.3 Å². The predicted molar refractivity (Wildman–Crippen MR) is 74.3 cm³/mol. The first-order chi connectivity index (χ1) is 8.72. The van der Waals surface area contributed by atoms with Gasteiger partial charge in [-0.3, -0.25) is 9.80 Å². The average Bonchev–Trinajstić information content (AvgIpc) is 2.87. The van der Waals surface area contributed by atoms with Crippen molar-refractivity contribution in [2.75, 3.05) is 44.6 Å². The van der Waals surface area contributed by atoms with Crippen molar-refractivity contribution in [2.24, 2.45) is 0 Å². The predicted octanol–water partition coefficient (Wildman–Crippen LogP) is 1.07. The number of anilines is 1. The van der Waals surface area contributed by atoms with E-state index in [1.54, 1.807) is 0 Å². The summed E-state index contributed by atoms with van der Waals surface area (Å²) in [7, 11) is 0. The lowest BCUT2D eigenvalue weighted by Crippen LogP contribution is -2.62. The van der Waals surface area contributed by atoms with Gasteiger partial charge in [0.05, 0.1) is 0 Å². The quantitative estimate of drug-likeness (QED) is 0.884. The minimum absolute atomic E-state index is 0.414. The normalized spacial score (nSPS) is 30.9. The van der Waals surface area contributed by atoms with Crippen LogP contribution in [0.15, 0.2) is 0 Å². The van der Waals surface area contributed by atoms with Crippen molar-refractivity contribution in [3.63, 3.8) is 0 Å². The Kier molecular flexibility index (Phi) is 3.50. The maximum atomic E-state index is 4.52. The van der Waals surface area contributed by atoms with Crippen LogP contribution < -0.4 is 5.32 Å². The molecule has 0 saturated carbocycles. The Balaban J connectivity index is 1.54. The van der Waals surface area contributed by atoms with Gasteiger partial charge in [-0.15, -0.1) is 0 Å². The van der Waals surface area contributed by atoms with Crippen molar-refractivity contribution >= 4 is 16.7 Å². The molecule has 3 fully saturated rings. The van der Waals surface area contributed by atoms with Crippen LogP contribution in [-0.4, -0.2) is 64.5 Å². The molecule has 18 heavy (non-hydrogen) atoms. The Morgan fingerprint density at radius 2 is 2.11 bits per heavy atom. The molecular formula is C12H21N5S. The molecule has 2 bridgehead atoms. The molecule has 0 aliphatic carbocycles. The molecular weight excluding hydrogens is 246 g/mol. The standard InChI is InChI=1S/C12H21N5S/c1-9(2)11-14-12(18-15-11)13-7-10-8-16-3-5-17(10)6-4-16/h9-10H,3-8H2,1-2H3,(H,13,14,15). The van der Waals surface area contributed by atoms with Gasteiger partial charge in [-0.2, -0.15) is 4.37 Å². The van der Waals surface area contributed by atoms with Crippen molar-refractivity contribution in [3.8, 4) is 0 Å². The first-order valence-electron chi connectivity index (χ1n) is 6.76. The summed E-state index contributed by atoms with van der Waals surface area (Å²) in [5.41, 5.74) is 0. The first kappa shape index (κ1) is 12.3. The summed E-state index contributed by atoms with van der Waals surface area (Å²) in [5, 5.41) is 4.42. The maximum absolute atomic E-state index is 4.52. The highest BCUT2D eigenvalue weighted by molar-refractivity contribution is 7.09. The number of nitrogens with zero attached hydrogens (tertiary/aromatic N) is 4. The minimum Gasteiger partial charge on any atom is -0.359 e. The number of fused-ring (bicyclic) bond motifs is 3. The van der Waals surface area contributed by atoms with Crippen LogP contribution in [0.4, 0.5) is 5.13 Å². The minimum atomic E-state index is 0.414. The molecule has 1 atom stereocenters. The molecule has 0 radical (unpaired) electrons. The highest BCUT2D eigenvalue weighted by Crippen LogP contribution is 2.19. The van der Waals surface area contributed by atoms with Crippen LogP contribution in [0.3, 0.4) is 0 Å². The number of hydrogen-bond acceptors (Lipinski definition) is 6. The summed E-state index contributed by atoms with van der Waals surface area (Å²) in [4.78, 5) is 9.68. The number of rotatable bonds is 4. The molecule has 6 heteroatoms. The monoisotopic (exact) mass is 267 g/mol. The summed E-state index contributed by atoms with van der Waals surface area (Å²) in [6.45, 7) is 11.4. The Morgan fingerprint density at radius 3 is 2.67 bits per heavy atom. The lowest BCUT2D eigenvalue weighted by molar-refractivity contribution is 0.0189. The molecule has 1 N–H and O–H groups in total. The highest BCUT2D eigenvalue weighted by Gasteiger charge is 2.31. The smallest absolute Gasteiger partial charge is 0.202 e. The van der Waals surface area contributed by atoms with Crippen molar-refractivity contribution in [3.05, 3.63) is 5.82 Å². The van der Waals surface area contributed by atoms with Crippen LogP contribution in [0.2, 0.25) is 0 Å². The van der Waals surface area contributed by atoms with E-state index in [0.29, 0.717) is 12.0 Å². The Bertz CT molecular complexity index is 397. The summed E-state index contributed by atoms with van der Waals surface area (Å²) >= 11 is 1.48. The number of piperazine rings is 3. The molecule has 4 heterocycles. The number of aromatic nitrogens is 2. The molecule has 0 spiro atoms. The van der Waals surface area contributed by atoms with E-state index in [9.17, 15) is 0 Å². The van der Waals surface area contributed by atoms with Gasteiger partial charge in [-0.1, -0.05) is 13.8 Å². The molecule has 3 saturated heterocycles. The maximum Gasteiger partial charge on any atom is 0.202 e. The summed E-state index contributed by atoms with van der Waals surface area (Å²) in [5.74, 6) is 1.37. The topological polar surface area (TPSA) is 44.3 Å². The molecule has 4 rings (SSSR count). The van der Waals surface area contributed by atoms with Gasteiger partial charge in [-0.05, 0) is 0 Å². The molecule has 3 aliphatic heterocycles. The number of nitrogens with one attached hydrogen (secondary N) is 1. The van der Waals surface area contributed by atoms with Gasteiger partial charge in [0.2, 0.25) is 5.13 Å². The molecule has 0 aromatic carbocycles. The Labute approximate surface area is 112 Å². The van der Waals surface area contributed by atoms with Crippen LogP contribution in [0.1, 0.15) is 25.6 Å². The van der Waals surface area contributed by atoms with E-state index in [1.807, 2.05) is 0 Å². The van der Waals surface area contributed by atoms with Crippen LogP contribution >= 0.6 is 11.5 Å². The average molecular weight is 267 g/mol. The largest absolute Gasteiger partial charge is 0.359 e. The lowest BCUT2D eigenvalue weighted by atomic mass is 10.1. The fourth-order valence-electron chi connectivity index (χ4n) is 2.66. The van der Waals surface area contributed by atoms with Gasteiger partial charge in [0.1, 0.15) is 5.82 Å². The molecule has 0 amide bonds. The molecule has 1 aromatic heterocycles. The second-order valence-electron chi connectivity index (χ2n) is 5.48. The third-order valence-electron chi connectivity index (χ3n) is 3.84. The van der Waals surface area contributed by atoms with Crippen LogP contribution in [-0.2, 0) is 0 Å². The van der Waals surface area contributed by atoms with Crippen molar-refractivity contribution in [1.82, 2.24) is 19.2 Å². The zero-order valence-corrected chi connectivity index (χ0v) is 11.9. The summed E-state index contributed by atoms with van der Waals surface area (Å²) in [6.07, 6.45) is 0. The SMILES string of the molecule is CC(C)c1nsc(NCC2CN3CCN2CC3)n1. The van der Waals surface area contributed by atoms with Gasteiger partial charge in [0.15, 0.2) is 0 Å². The van der Waals surface area contributed by atoms with Gasteiger partial charge < -0.3 is 5.32 Å². The van der Waals surface area contributed by atoms with Gasteiger partial charge >= 0.3 is 0 Å². The fourth-order valence-corrected chi connectivity index (χ4v) is 3.38. The fraction of sp³-hybridized carbons (Fsp3) is 0.833. The van der Waals surface area contributed by atoms with E-state index in [0.717, 1.165) is 17.5 Å². The first-order valence-corrected chi connectivity index (χ1v) is 7.53. The van der Waals surface area contributed by atoms with Gasteiger partial charge in [0, 0.05) is 62.8 Å². The third-order valence-corrected chi connectivity index (χ3v) is 4.53. The molecule has 1 aromatic rings. The molecule has 1 unspecified atom stereocenters. The van der Waals surface area contributed by atoms with Gasteiger partial charge in [0.25, 0.3) is 0 Å². The van der Waals surface area contributed by atoms with E-state index >= 15 is 0 Å². The van der Waals surface area contributed by atoms with Crippen molar-refractivity contribution in [1.29, 1.82) is 0 Å². The van der Waals surface area contributed by atoms with Crippen LogP contribution in [0.25, 0.3) is 0 Å². The molecule has 5 nitrogen and oxygen atoms in total. The highest BCUT2D eigenvalue weighted by atomic mass is 32.1. The summed E-state index contributed by atoms with van der Waals surface area (Å²) in [6, 6.07) is 0.638. The van der Waals surface area contributed by atoms with Crippen molar-refractivity contribution < 1.29 is 0 Å².